The summed E-state index contributed by atoms with van der Waals surface area (Å²) in [6.45, 7) is 4.13. The molecule has 3 aromatic rings. The van der Waals surface area contributed by atoms with Gasteiger partial charge in [-0.05, 0) is 44.2 Å². The number of ether oxygens (including phenoxy) is 1. The Hall–Kier alpha value is -2.93. The van der Waals surface area contributed by atoms with Crippen LogP contribution in [0.15, 0.2) is 40.7 Å². The summed E-state index contributed by atoms with van der Waals surface area (Å²) in [5.41, 5.74) is 5.70. The van der Waals surface area contributed by atoms with Crippen LogP contribution in [0.5, 0.6) is 0 Å². The van der Waals surface area contributed by atoms with Crippen LogP contribution in [-0.2, 0) is 4.74 Å². The van der Waals surface area contributed by atoms with Crippen molar-refractivity contribution in [3.63, 3.8) is 0 Å². The number of nitrogens with zero attached hydrogens (tertiary/aromatic N) is 4. The molecule has 7 heteroatoms. The van der Waals surface area contributed by atoms with Gasteiger partial charge in [-0.15, -0.1) is 11.3 Å². The van der Waals surface area contributed by atoms with Gasteiger partial charge in [0.15, 0.2) is 0 Å². The van der Waals surface area contributed by atoms with Crippen LogP contribution in [0.3, 0.4) is 0 Å². The molecule has 0 saturated heterocycles. The maximum absolute atomic E-state index is 11.6. The molecule has 0 bridgehead atoms. The third-order valence-corrected chi connectivity index (χ3v) is 4.89. The minimum absolute atomic E-state index is 0.337. The van der Waals surface area contributed by atoms with Gasteiger partial charge in [-0.1, -0.05) is 0 Å². The normalized spacial score (nSPS) is 11.1. The molecule has 1 aromatic carbocycles. The molecule has 0 saturated carbocycles. The van der Waals surface area contributed by atoms with Gasteiger partial charge in [0.25, 0.3) is 0 Å². The van der Waals surface area contributed by atoms with E-state index in [1.165, 1.54) is 18.4 Å². The Kier molecular flexibility index (Phi) is 5.41. The van der Waals surface area contributed by atoms with E-state index in [9.17, 15) is 4.79 Å². The maximum atomic E-state index is 11.6. The Morgan fingerprint density at radius 1 is 1.26 bits per heavy atom. The number of carbonyl (C=O) groups is 1. The Bertz CT molecular complexity index is 984. The van der Waals surface area contributed by atoms with Gasteiger partial charge in [-0.3, -0.25) is 0 Å². The van der Waals surface area contributed by atoms with Crippen LogP contribution in [0.1, 0.15) is 21.7 Å². The van der Waals surface area contributed by atoms with E-state index in [0.717, 1.165) is 33.5 Å². The Labute approximate surface area is 162 Å². The van der Waals surface area contributed by atoms with E-state index >= 15 is 0 Å². The van der Waals surface area contributed by atoms with E-state index in [2.05, 4.69) is 34.5 Å². The molecule has 0 unspecified atom stereocenters. The number of carbonyl (C=O) groups excluding carboxylic acids is 1. The van der Waals surface area contributed by atoms with Gasteiger partial charge in [0.1, 0.15) is 0 Å². The van der Waals surface area contributed by atoms with Crippen molar-refractivity contribution in [2.45, 2.75) is 13.8 Å². The smallest absolute Gasteiger partial charge is 0.337 e. The first-order valence-electron chi connectivity index (χ1n) is 8.45. The quantitative estimate of drug-likeness (QED) is 0.376. The highest BCUT2D eigenvalue weighted by Gasteiger charge is 2.15. The molecular weight excluding hydrogens is 360 g/mol. The molecular formula is C20H22N4O2S. The summed E-state index contributed by atoms with van der Waals surface area (Å²) < 4.78 is 6.91. The average molecular weight is 382 g/mol. The lowest BCUT2D eigenvalue weighted by molar-refractivity contribution is 0.0601. The maximum Gasteiger partial charge on any atom is 0.337 e. The predicted molar refractivity (Wildman–Crippen MR) is 110 cm³/mol. The number of aromatic nitrogens is 2. The fourth-order valence-corrected chi connectivity index (χ4v) is 3.55. The second-order valence-corrected chi connectivity index (χ2v) is 7.22. The van der Waals surface area contributed by atoms with Gasteiger partial charge in [0.05, 0.1) is 24.7 Å². The molecule has 0 amide bonds. The minimum atomic E-state index is -0.337. The minimum Gasteiger partial charge on any atom is -0.465 e. The third-order valence-electron chi connectivity index (χ3n) is 4.14. The van der Waals surface area contributed by atoms with Gasteiger partial charge in [0.2, 0.25) is 5.13 Å². The monoisotopic (exact) mass is 382 g/mol. The number of thiazole rings is 1. The molecule has 0 N–H and O–H groups in total. The number of methoxy groups -OCH3 is 1. The fourth-order valence-electron chi connectivity index (χ4n) is 2.90. The van der Waals surface area contributed by atoms with Crippen molar-refractivity contribution in [3.8, 4) is 16.9 Å². The molecule has 0 fully saturated rings. The molecule has 27 heavy (non-hydrogen) atoms. The van der Waals surface area contributed by atoms with Crippen molar-refractivity contribution in [1.82, 2.24) is 14.5 Å². The van der Waals surface area contributed by atoms with Crippen molar-refractivity contribution in [2.24, 2.45) is 4.99 Å². The highest BCUT2D eigenvalue weighted by atomic mass is 32.1. The Morgan fingerprint density at radius 3 is 2.59 bits per heavy atom. The lowest BCUT2D eigenvalue weighted by Crippen LogP contribution is -2.06. The van der Waals surface area contributed by atoms with Crippen LogP contribution in [-0.4, -0.2) is 48.0 Å². The summed E-state index contributed by atoms with van der Waals surface area (Å²) >= 11 is 1.52. The first kappa shape index (κ1) is 18.8. The Balaban J connectivity index is 1.94. The first-order chi connectivity index (χ1) is 12.9. The van der Waals surface area contributed by atoms with Crippen molar-refractivity contribution in [1.29, 1.82) is 0 Å². The largest absolute Gasteiger partial charge is 0.465 e. The van der Waals surface area contributed by atoms with Crippen LogP contribution in [0, 0.1) is 13.8 Å². The van der Waals surface area contributed by atoms with Crippen molar-refractivity contribution in [2.75, 3.05) is 21.2 Å². The van der Waals surface area contributed by atoms with E-state index in [-0.39, 0.29) is 5.97 Å². The summed E-state index contributed by atoms with van der Waals surface area (Å²) in [5, 5.41) is 2.75. The standard InChI is InChI=1S/C20H22N4O2S/c1-13-10-17(18-11-27-20(22-18)21-12-23(3)4)14(2)24(13)16-8-6-15(7-9-16)19(25)26-5/h6-12H,1-5H3/b21-12+. The molecule has 0 aliphatic carbocycles. The van der Waals surface area contributed by atoms with Gasteiger partial charge < -0.3 is 14.2 Å². The van der Waals surface area contributed by atoms with Crippen LogP contribution < -0.4 is 0 Å². The summed E-state index contributed by atoms with van der Waals surface area (Å²) in [6, 6.07) is 9.51. The second-order valence-electron chi connectivity index (χ2n) is 6.38. The highest BCUT2D eigenvalue weighted by molar-refractivity contribution is 7.13. The van der Waals surface area contributed by atoms with Gasteiger partial charge >= 0.3 is 5.97 Å². The van der Waals surface area contributed by atoms with Crippen LogP contribution in [0.4, 0.5) is 5.13 Å². The van der Waals surface area contributed by atoms with E-state index < -0.39 is 0 Å². The zero-order valence-corrected chi connectivity index (χ0v) is 16.9. The zero-order valence-electron chi connectivity index (χ0n) is 16.1. The number of benzene rings is 1. The van der Waals surface area contributed by atoms with Crippen molar-refractivity contribution < 1.29 is 9.53 Å². The van der Waals surface area contributed by atoms with Gasteiger partial charge in [0, 0.05) is 42.1 Å². The summed E-state index contributed by atoms with van der Waals surface area (Å²) in [5.74, 6) is -0.337. The number of rotatable bonds is 5. The topological polar surface area (TPSA) is 59.7 Å². The average Bonchev–Trinajstić information content (AvgIpc) is 3.23. The van der Waals surface area contributed by atoms with Crippen molar-refractivity contribution in [3.05, 3.63) is 52.7 Å². The number of hydrogen-bond acceptors (Lipinski definition) is 5. The summed E-state index contributed by atoms with van der Waals surface area (Å²) in [6.07, 6.45) is 1.74. The molecule has 0 radical (unpaired) electrons. The molecule has 2 heterocycles. The number of hydrogen-bond donors (Lipinski definition) is 0. The second kappa shape index (κ2) is 7.75. The zero-order chi connectivity index (χ0) is 19.6. The van der Waals surface area contributed by atoms with Gasteiger partial charge in [-0.2, -0.15) is 0 Å². The van der Waals surface area contributed by atoms with E-state index in [0.29, 0.717) is 5.56 Å². The molecule has 0 spiro atoms. The van der Waals surface area contributed by atoms with Crippen molar-refractivity contribution >= 4 is 28.8 Å². The lowest BCUT2D eigenvalue weighted by Gasteiger charge is -2.10. The third kappa shape index (κ3) is 3.93. The first-order valence-corrected chi connectivity index (χ1v) is 9.33. The molecule has 3 rings (SSSR count). The molecule has 6 nitrogen and oxygen atoms in total. The number of esters is 1. The van der Waals surface area contributed by atoms with Crippen LogP contribution in [0.2, 0.25) is 0 Å². The molecule has 140 valence electrons. The highest BCUT2D eigenvalue weighted by Crippen LogP contribution is 2.32. The number of aryl methyl sites for hydroxylation is 1. The fraction of sp³-hybridized carbons (Fsp3) is 0.250. The SMILES string of the molecule is COC(=O)c1ccc(-n2c(C)cc(-c3csc(/N=C/N(C)C)n3)c2C)cc1. The molecule has 0 aliphatic heterocycles. The molecule has 2 aromatic heterocycles. The molecule has 0 aliphatic rings. The van der Waals surface area contributed by atoms with Crippen LogP contribution >= 0.6 is 11.3 Å². The molecule has 0 atom stereocenters. The Morgan fingerprint density at radius 2 is 1.96 bits per heavy atom. The van der Waals surface area contributed by atoms with E-state index in [4.69, 9.17) is 4.74 Å². The summed E-state index contributed by atoms with van der Waals surface area (Å²) in [7, 11) is 5.24. The van der Waals surface area contributed by atoms with E-state index in [1.54, 1.807) is 18.5 Å². The summed E-state index contributed by atoms with van der Waals surface area (Å²) in [4.78, 5) is 22.5. The van der Waals surface area contributed by atoms with Crippen LogP contribution in [0.25, 0.3) is 16.9 Å². The number of aliphatic imine (C=N–C) groups is 1. The predicted octanol–water partition coefficient (Wildman–Crippen LogP) is 4.23. The lowest BCUT2D eigenvalue weighted by atomic mass is 10.2. The van der Waals surface area contributed by atoms with E-state index in [1.807, 2.05) is 36.5 Å². The van der Waals surface area contributed by atoms with Gasteiger partial charge in [-0.25, -0.2) is 14.8 Å².